The van der Waals surface area contributed by atoms with Crippen LogP contribution in [-0.2, 0) is 16.1 Å². The van der Waals surface area contributed by atoms with E-state index in [0.29, 0.717) is 13.2 Å². The fourth-order valence-corrected chi connectivity index (χ4v) is 3.77. The van der Waals surface area contributed by atoms with Crippen LogP contribution >= 0.6 is 0 Å². The van der Waals surface area contributed by atoms with E-state index in [1.54, 1.807) is 18.9 Å². The molecule has 2 aromatic rings. The topological polar surface area (TPSA) is 62.2 Å². The van der Waals surface area contributed by atoms with Crippen LogP contribution in [0.3, 0.4) is 0 Å². The number of amides is 1. The highest BCUT2D eigenvalue weighted by molar-refractivity contribution is 5.90. The lowest BCUT2D eigenvalue weighted by atomic mass is 9.87. The van der Waals surface area contributed by atoms with Crippen molar-refractivity contribution in [1.82, 2.24) is 0 Å². The molecule has 3 rings (SSSR count). The largest absolute Gasteiger partial charge is 0.381 e. The monoisotopic (exact) mass is 395 g/mol. The van der Waals surface area contributed by atoms with Crippen molar-refractivity contribution in [2.45, 2.75) is 32.4 Å². The molecule has 0 spiro atoms. The number of hydrogen-bond donors (Lipinski definition) is 0. The quantitative estimate of drug-likeness (QED) is 0.646. The molecule has 0 saturated carbocycles. The number of nitrogens with zero attached hydrogens (tertiary/aromatic N) is 3. The summed E-state index contributed by atoms with van der Waals surface area (Å²) in [6.07, 6.45) is 1.75. The molecule has 0 bridgehead atoms. The molecule has 1 fully saturated rings. The summed E-state index contributed by atoms with van der Waals surface area (Å²) in [4.78, 5) is 26.9. The first kappa shape index (κ1) is 21.0. The molecule has 6 nitrogen and oxygen atoms in total. The molecule has 1 saturated heterocycles. The molecule has 1 aliphatic rings. The van der Waals surface area contributed by atoms with Gasteiger partial charge in [-0.05, 0) is 54.2 Å². The van der Waals surface area contributed by atoms with Crippen LogP contribution in [0.1, 0.15) is 36.9 Å². The highest BCUT2D eigenvalue weighted by Gasteiger charge is 2.26. The van der Waals surface area contributed by atoms with Crippen LogP contribution in [0.5, 0.6) is 0 Å². The zero-order chi connectivity index (χ0) is 20.8. The normalized spacial score (nSPS) is 15.6. The van der Waals surface area contributed by atoms with Crippen molar-refractivity contribution in [3.05, 3.63) is 64.6 Å². The number of rotatable bonds is 7. The number of carbonyl (C=O) groups is 1. The number of ether oxygens (including phenoxy) is 1. The van der Waals surface area contributed by atoms with Crippen LogP contribution in [0, 0.1) is 10.8 Å². The van der Waals surface area contributed by atoms with Crippen LogP contribution in [0.15, 0.2) is 53.7 Å². The molecule has 0 N–H and O–H groups in total. The van der Waals surface area contributed by atoms with Crippen molar-refractivity contribution in [3.63, 3.8) is 0 Å². The molecule has 1 unspecified atom stereocenters. The average molecular weight is 396 g/mol. The Kier molecular flexibility index (Phi) is 6.99. The van der Waals surface area contributed by atoms with Crippen molar-refractivity contribution in [2.24, 2.45) is 11.1 Å². The van der Waals surface area contributed by atoms with Gasteiger partial charge in [0.05, 0.1) is 0 Å². The third-order valence-corrected chi connectivity index (χ3v) is 5.69. The minimum absolute atomic E-state index is 0.00885. The van der Waals surface area contributed by atoms with Gasteiger partial charge >= 0.3 is 0 Å². The summed E-state index contributed by atoms with van der Waals surface area (Å²) in [5.74, 6) is 0.252. The maximum Gasteiger partial charge on any atom is 0.223 e. The highest BCUT2D eigenvalue weighted by atomic mass is 16.5. The van der Waals surface area contributed by atoms with Crippen LogP contribution in [0.4, 0.5) is 11.4 Å². The summed E-state index contributed by atoms with van der Waals surface area (Å²) >= 11 is 0. The first-order chi connectivity index (χ1) is 14.0. The summed E-state index contributed by atoms with van der Waals surface area (Å²) in [6, 6.07) is 15.8. The van der Waals surface area contributed by atoms with Gasteiger partial charge in [-0.2, -0.15) is 4.91 Å². The van der Waals surface area contributed by atoms with E-state index in [1.807, 2.05) is 49.5 Å². The maximum atomic E-state index is 11.6. The van der Waals surface area contributed by atoms with Gasteiger partial charge in [-0.25, -0.2) is 0 Å². The molecule has 1 heterocycles. The molecule has 1 atom stereocenters. The minimum atomic E-state index is -0.325. The van der Waals surface area contributed by atoms with Crippen LogP contribution in [0.25, 0.3) is 0 Å². The van der Waals surface area contributed by atoms with E-state index >= 15 is 0 Å². The molecule has 29 heavy (non-hydrogen) atoms. The lowest BCUT2D eigenvalue weighted by Crippen LogP contribution is -2.23. The maximum absolute atomic E-state index is 11.6. The molecule has 1 aliphatic heterocycles. The predicted octanol–water partition coefficient (Wildman–Crippen LogP) is 4.54. The number of anilines is 2. The van der Waals surface area contributed by atoms with Crippen LogP contribution < -0.4 is 9.80 Å². The van der Waals surface area contributed by atoms with E-state index in [1.165, 1.54) is 0 Å². The van der Waals surface area contributed by atoms with E-state index in [-0.39, 0.29) is 17.9 Å². The van der Waals surface area contributed by atoms with Gasteiger partial charge in [0, 0.05) is 52.2 Å². The molecular formula is C23H29N3O3. The van der Waals surface area contributed by atoms with E-state index in [0.717, 1.165) is 41.9 Å². The number of carbonyl (C=O) groups excluding carboxylic acids is 1. The summed E-state index contributed by atoms with van der Waals surface area (Å²) < 4.78 is 5.42. The summed E-state index contributed by atoms with van der Waals surface area (Å²) in [6.45, 7) is 3.68. The zero-order valence-corrected chi connectivity index (χ0v) is 17.4. The second kappa shape index (κ2) is 9.65. The fourth-order valence-electron chi connectivity index (χ4n) is 3.77. The van der Waals surface area contributed by atoms with Crippen molar-refractivity contribution in [3.8, 4) is 0 Å². The van der Waals surface area contributed by atoms with Crippen molar-refractivity contribution in [1.29, 1.82) is 0 Å². The molecule has 0 aromatic heterocycles. The van der Waals surface area contributed by atoms with Gasteiger partial charge < -0.3 is 14.5 Å². The van der Waals surface area contributed by atoms with Gasteiger partial charge in [-0.1, -0.05) is 29.4 Å². The minimum Gasteiger partial charge on any atom is -0.381 e. The second-order valence-electron chi connectivity index (χ2n) is 7.70. The van der Waals surface area contributed by atoms with Crippen molar-refractivity contribution >= 4 is 17.3 Å². The second-order valence-corrected chi connectivity index (χ2v) is 7.70. The van der Waals surface area contributed by atoms with E-state index in [9.17, 15) is 9.70 Å². The van der Waals surface area contributed by atoms with E-state index in [4.69, 9.17) is 4.74 Å². The number of benzene rings is 2. The van der Waals surface area contributed by atoms with Gasteiger partial charge in [0.15, 0.2) is 0 Å². The lowest BCUT2D eigenvalue weighted by Gasteiger charge is -2.27. The Labute approximate surface area is 172 Å². The standard InChI is InChI=1S/C23H29N3O3/c1-17(27)26(3)21-9-7-18(8-10-21)16-25(2)22-6-4-5-20(15-22)23(24-28)19-11-13-29-14-12-19/h4-10,15,19,23H,11-14,16H2,1-3H3. The smallest absolute Gasteiger partial charge is 0.223 e. The average Bonchev–Trinajstić information content (AvgIpc) is 2.75. The predicted molar refractivity (Wildman–Crippen MR) is 116 cm³/mol. The Morgan fingerprint density at radius 2 is 1.79 bits per heavy atom. The third-order valence-electron chi connectivity index (χ3n) is 5.69. The van der Waals surface area contributed by atoms with Gasteiger partial charge in [0.25, 0.3) is 0 Å². The Bertz CT molecular complexity index is 832. The SMILES string of the molecule is CC(=O)N(C)c1ccc(CN(C)c2cccc(C(N=O)C3CCOCC3)c2)cc1. The first-order valence-corrected chi connectivity index (χ1v) is 10.0. The molecule has 154 valence electrons. The lowest BCUT2D eigenvalue weighted by molar-refractivity contribution is -0.116. The van der Waals surface area contributed by atoms with Gasteiger partial charge in [0.2, 0.25) is 5.91 Å². The fraction of sp³-hybridized carbons (Fsp3) is 0.435. The number of hydrogen-bond acceptors (Lipinski definition) is 5. The Morgan fingerprint density at radius 1 is 1.10 bits per heavy atom. The Balaban J connectivity index is 1.71. The van der Waals surface area contributed by atoms with Crippen molar-refractivity contribution < 1.29 is 9.53 Å². The van der Waals surface area contributed by atoms with E-state index < -0.39 is 0 Å². The Hall–Kier alpha value is -2.73. The van der Waals surface area contributed by atoms with Gasteiger partial charge in [-0.15, -0.1) is 0 Å². The summed E-state index contributed by atoms with van der Waals surface area (Å²) in [7, 11) is 3.80. The molecular weight excluding hydrogens is 366 g/mol. The van der Waals surface area contributed by atoms with Crippen LogP contribution in [0.2, 0.25) is 0 Å². The summed E-state index contributed by atoms with van der Waals surface area (Å²) in [5, 5.41) is 3.45. The number of nitroso groups, excluding NO2 is 1. The molecule has 0 radical (unpaired) electrons. The summed E-state index contributed by atoms with van der Waals surface area (Å²) in [5.41, 5.74) is 4.04. The molecule has 2 aromatic carbocycles. The molecule has 1 amide bonds. The third kappa shape index (κ3) is 5.21. The molecule has 6 heteroatoms. The zero-order valence-electron chi connectivity index (χ0n) is 17.4. The van der Waals surface area contributed by atoms with Gasteiger partial charge in [0.1, 0.15) is 6.04 Å². The van der Waals surface area contributed by atoms with Crippen molar-refractivity contribution in [2.75, 3.05) is 37.1 Å². The van der Waals surface area contributed by atoms with Crippen LogP contribution in [-0.4, -0.2) is 33.2 Å². The molecule has 0 aliphatic carbocycles. The highest BCUT2D eigenvalue weighted by Crippen LogP contribution is 2.34. The first-order valence-electron chi connectivity index (χ1n) is 10.0. The van der Waals surface area contributed by atoms with Gasteiger partial charge in [-0.3, -0.25) is 4.79 Å². The van der Waals surface area contributed by atoms with E-state index in [2.05, 4.69) is 16.1 Å². The Morgan fingerprint density at radius 3 is 2.41 bits per heavy atom.